The second-order valence-electron chi connectivity index (χ2n) is 7.79. The van der Waals surface area contributed by atoms with E-state index in [9.17, 15) is 4.79 Å². The zero-order valence-electron chi connectivity index (χ0n) is 18.3. The van der Waals surface area contributed by atoms with Crippen LogP contribution in [0.3, 0.4) is 0 Å². The summed E-state index contributed by atoms with van der Waals surface area (Å²) in [6.45, 7) is 0. The highest BCUT2D eigenvalue weighted by atomic mass is 79.9. The third-order valence-corrected chi connectivity index (χ3v) is 6.05. The number of nitrogens with zero attached hydrogens (tertiary/aromatic N) is 2. The average molecular weight is 505 g/mol. The Morgan fingerprint density at radius 1 is 0.676 bits per heavy atom. The molecular formula is C30H21BrN2O. The highest BCUT2D eigenvalue weighted by molar-refractivity contribution is 9.10. The molecule has 1 heterocycles. The van der Waals surface area contributed by atoms with Crippen LogP contribution in [0.5, 0.6) is 0 Å². The maximum Gasteiger partial charge on any atom is 0.281 e. The molecule has 3 nitrogen and oxygen atoms in total. The van der Waals surface area contributed by atoms with Gasteiger partial charge in [-0.2, -0.15) is 0 Å². The first-order chi connectivity index (χ1) is 16.7. The number of halogens is 1. The van der Waals surface area contributed by atoms with Crippen molar-refractivity contribution >= 4 is 27.3 Å². The smallest absolute Gasteiger partial charge is 0.281 e. The first-order valence-electron chi connectivity index (χ1n) is 11.0. The van der Waals surface area contributed by atoms with Crippen LogP contribution in [0.2, 0.25) is 0 Å². The first-order valence-corrected chi connectivity index (χ1v) is 11.8. The maximum atomic E-state index is 13.9. The average Bonchev–Trinajstić information content (AvgIpc) is 2.89. The molecule has 34 heavy (non-hydrogen) atoms. The van der Waals surface area contributed by atoms with Crippen molar-refractivity contribution in [1.82, 2.24) is 4.57 Å². The lowest BCUT2D eigenvalue weighted by atomic mass is 10.0. The van der Waals surface area contributed by atoms with Gasteiger partial charge < -0.3 is 0 Å². The molecule has 0 spiro atoms. The minimum absolute atomic E-state index is 0.177. The highest BCUT2D eigenvalue weighted by Crippen LogP contribution is 2.29. The predicted octanol–water partition coefficient (Wildman–Crippen LogP) is 7.44. The Labute approximate surface area is 206 Å². The molecule has 0 unspecified atom stereocenters. The summed E-state index contributed by atoms with van der Waals surface area (Å²) in [6.07, 6.45) is 1.82. The van der Waals surface area contributed by atoms with Gasteiger partial charge in [-0.05, 0) is 29.8 Å². The standard InChI is InChI=1S/C30H21BrN2O/c31-25-17-10-18-26(21-25)33-20-19-27(22-11-4-1-5-12-22)29(30(33)34)32-28(23-13-6-2-7-14-23)24-15-8-3-9-16-24/h1-21H. The topological polar surface area (TPSA) is 34.4 Å². The number of rotatable bonds is 5. The molecule has 0 aliphatic carbocycles. The second-order valence-corrected chi connectivity index (χ2v) is 8.71. The van der Waals surface area contributed by atoms with Crippen LogP contribution in [-0.2, 0) is 0 Å². The lowest BCUT2D eigenvalue weighted by Gasteiger charge is -2.13. The van der Waals surface area contributed by atoms with Gasteiger partial charge in [0.25, 0.3) is 5.56 Å². The second kappa shape index (κ2) is 9.86. The van der Waals surface area contributed by atoms with Crippen LogP contribution >= 0.6 is 15.9 Å². The van der Waals surface area contributed by atoms with E-state index in [1.807, 2.05) is 128 Å². The van der Waals surface area contributed by atoms with Gasteiger partial charge in [0, 0.05) is 33.0 Å². The molecule has 0 saturated carbocycles. The molecule has 0 radical (unpaired) electrons. The summed E-state index contributed by atoms with van der Waals surface area (Å²) in [5.74, 6) is 0. The summed E-state index contributed by atoms with van der Waals surface area (Å²) >= 11 is 3.51. The van der Waals surface area contributed by atoms with Crippen molar-refractivity contribution in [3.05, 3.63) is 153 Å². The van der Waals surface area contributed by atoms with E-state index in [4.69, 9.17) is 4.99 Å². The quantitative estimate of drug-likeness (QED) is 0.229. The molecule has 0 fully saturated rings. The normalized spacial score (nSPS) is 10.6. The fourth-order valence-electron chi connectivity index (χ4n) is 3.91. The summed E-state index contributed by atoms with van der Waals surface area (Å²) in [5, 5.41) is 0. The molecule has 5 aromatic rings. The molecule has 0 bridgehead atoms. The number of aliphatic imine (C=N–C) groups is 1. The molecule has 164 valence electrons. The largest absolute Gasteiger partial charge is 0.282 e. The van der Waals surface area contributed by atoms with Crippen molar-refractivity contribution in [2.24, 2.45) is 4.99 Å². The van der Waals surface area contributed by atoms with Gasteiger partial charge in [0.1, 0.15) is 5.69 Å². The van der Waals surface area contributed by atoms with Crippen molar-refractivity contribution in [3.63, 3.8) is 0 Å². The monoisotopic (exact) mass is 504 g/mol. The van der Waals surface area contributed by atoms with Gasteiger partial charge in [-0.1, -0.05) is 113 Å². The van der Waals surface area contributed by atoms with E-state index in [0.717, 1.165) is 38.1 Å². The van der Waals surface area contributed by atoms with Gasteiger partial charge in [-0.15, -0.1) is 0 Å². The summed E-state index contributed by atoms with van der Waals surface area (Å²) in [5.41, 5.74) is 5.38. The number of hydrogen-bond donors (Lipinski definition) is 0. The zero-order valence-corrected chi connectivity index (χ0v) is 19.9. The van der Waals surface area contributed by atoms with Crippen molar-refractivity contribution < 1.29 is 0 Å². The Bertz CT molecular complexity index is 1470. The van der Waals surface area contributed by atoms with Gasteiger partial charge in [-0.3, -0.25) is 9.36 Å². The number of benzene rings is 4. The summed E-state index contributed by atoms with van der Waals surface area (Å²) in [6, 6.07) is 39.5. The Hall–Kier alpha value is -4.02. The Balaban J connectivity index is 1.81. The molecule has 0 N–H and O–H groups in total. The van der Waals surface area contributed by atoms with Crippen LogP contribution < -0.4 is 5.56 Å². The molecule has 0 aliphatic rings. The van der Waals surface area contributed by atoms with Gasteiger partial charge in [-0.25, -0.2) is 4.99 Å². The summed E-state index contributed by atoms with van der Waals surface area (Å²) in [7, 11) is 0. The van der Waals surface area contributed by atoms with E-state index in [1.54, 1.807) is 4.57 Å². The maximum absolute atomic E-state index is 13.9. The zero-order chi connectivity index (χ0) is 23.3. The fraction of sp³-hybridized carbons (Fsp3) is 0. The third kappa shape index (κ3) is 4.54. The van der Waals surface area contributed by atoms with Crippen molar-refractivity contribution in [3.8, 4) is 16.8 Å². The SMILES string of the molecule is O=c1c(N=C(c2ccccc2)c2ccccc2)c(-c2ccccc2)ccn1-c1cccc(Br)c1. The van der Waals surface area contributed by atoms with Crippen LogP contribution in [0, 0.1) is 0 Å². The van der Waals surface area contributed by atoms with E-state index < -0.39 is 0 Å². The Morgan fingerprint density at radius 3 is 1.85 bits per heavy atom. The lowest BCUT2D eigenvalue weighted by Crippen LogP contribution is -2.18. The van der Waals surface area contributed by atoms with Crippen LogP contribution in [0.1, 0.15) is 11.1 Å². The van der Waals surface area contributed by atoms with Gasteiger partial charge >= 0.3 is 0 Å². The highest BCUT2D eigenvalue weighted by Gasteiger charge is 2.15. The molecule has 1 aromatic heterocycles. The van der Waals surface area contributed by atoms with Crippen molar-refractivity contribution in [1.29, 1.82) is 0 Å². The van der Waals surface area contributed by atoms with Gasteiger partial charge in [0.2, 0.25) is 0 Å². The van der Waals surface area contributed by atoms with E-state index in [0.29, 0.717) is 5.69 Å². The van der Waals surface area contributed by atoms with Gasteiger partial charge in [0.15, 0.2) is 0 Å². The molecule has 4 heteroatoms. The Morgan fingerprint density at radius 2 is 1.26 bits per heavy atom. The molecule has 0 aliphatic heterocycles. The molecular weight excluding hydrogens is 484 g/mol. The van der Waals surface area contributed by atoms with Crippen LogP contribution in [0.4, 0.5) is 5.69 Å². The molecule has 0 amide bonds. The first kappa shape index (κ1) is 21.8. The molecule has 0 saturated heterocycles. The number of hydrogen-bond acceptors (Lipinski definition) is 2. The van der Waals surface area contributed by atoms with E-state index in [1.165, 1.54) is 0 Å². The predicted molar refractivity (Wildman–Crippen MR) is 143 cm³/mol. The lowest BCUT2D eigenvalue weighted by molar-refractivity contribution is 0.988. The van der Waals surface area contributed by atoms with Crippen molar-refractivity contribution in [2.75, 3.05) is 0 Å². The fourth-order valence-corrected chi connectivity index (χ4v) is 4.30. The third-order valence-electron chi connectivity index (χ3n) is 5.56. The molecule has 5 rings (SSSR count). The summed E-state index contributed by atoms with van der Waals surface area (Å²) < 4.78 is 2.55. The minimum atomic E-state index is -0.177. The van der Waals surface area contributed by atoms with E-state index >= 15 is 0 Å². The van der Waals surface area contributed by atoms with Crippen LogP contribution in [0.25, 0.3) is 16.8 Å². The molecule has 0 atom stereocenters. The van der Waals surface area contributed by atoms with E-state index in [2.05, 4.69) is 15.9 Å². The van der Waals surface area contributed by atoms with Crippen molar-refractivity contribution in [2.45, 2.75) is 0 Å². The number of aromatic nitrogens is 1. The Kier molecular flexibility index (Phi) is 6.32. The van der Waals surface area contributed by atoms with E-state index in [-0.39, 0.29) is 5.56 Å². The number of pyridine rings is 1. The van der Waals surface area contributed by atoms with Crippen LogP contribution in [-0.4, -0.2) is 10.3 Å². The summed E-state index contributed by atoms with van der Waals surface area (Å²) in [4.78, 5) is 19.0. The minimum Gasteiger partial charge on any atom is -0.282 e. The molecule has 4 aromatic carbocycles. The van der Waals surface area contributed by atoms with Gasteiger partial charge in [0.05, 0.1) is 5.71 Å². The van der Waals surface area contributed by atoms with Crippen LogP contribution in [0.15, 0.2) is 142 Å².